The Morgan fingerprint density at radius 3 is 2.68 bits per heavy atom. The van der Waals surface area contributed by atoms with Gasteiger partial charge >= 0.3 is 0 Å². The Morgan fingerprint density at radius 2 is 2.05 bits per heavy atom. The van der Waals surface area contributed by atoms with Gasteiger partial charge in [0.15, 0.2) is 5.83 Å². The molecule has 0 aliphatic heterocycles. The van der Waals surface area contributed by atoms with Gasteiger partial charge in [0.25, 0.3) is 6.43 Å². The first-order chi connectivity index (χ1) is 18.3. The van der Waals surface area contributed by atoms with E-state index < -0.39 is 18.9 Å². The predicted molar refractivity (Wildman–Crippen MR) is 137 cm³/mol. The molecule has 0 aliphatic carbocycles. The van der Waals surface area contributed by atoms with Crippen LogP contribution in [0.3, 0.4) is 0 Å². The van der Waals surface area contributed by atoms with Crippen molar-refractivity contribution in [1.29, 1.82) is 10.7 Å². The molecule has 0 bridgehead atoms. The third-order valence-corrected chi connectivity index (χ3v) is 5.85. The zero-order valence-corrected chi connectivity index (χ0v) is 20.4. The Hall–Kier alpha value is -4.92. The molecule has 1 unspecified atom stereocenters. The summed E-state index contributed by atoms with van der Waals surface area (Å²) in [5.74, 6) is 0.570. The van der Waals surface area contributed by atoms with Crippen molar-refractivity contribution < 1.29 is 17.9 Å². The number of nitriles is 1. The van der Waals surface area contributed by atoms with Gasteiger partial charge in [-0.1, -0.05) is 6.07 Å². The molecule has 0 spiro atoms. The number of hydrogen-bond acceptors (Lipinski definition) is 8. The summed E-state index contributed by atoms with van der Waals surface area (Å²) in [6, 6.07) is 10.8. The fourth-order valence-corrected chi connectivity index (χ4v) is 3.74. The van der Waals surface area contributed by atoms with Crippen molar-refractivity contribution in [3.8, 4) is 22.9 Å². The van der Waals surface area contributed by atoms with Gasteiger partial charge in [-0.25, -0.2) is 27.7 Å². The maximum absolute atomic E-state index is 13.1. The van der Waals surface area contributed by atoms with Gasteiger partial charge in [0, 0.05) is 36.8 Å². The second-order valence-electron chi connectivity index (χ2n) is 8.24. The molecular formula is C26H23F3N8O. The molecule has 0 amide bonds. The molecule has 194 valence electrons. The summed E-state index contributed by atoms with van der Waals surface area (Å²) in [4.78, 5) is 10.8. The lowest BCUT2D eigenvalue weighted by Gasteiger charge is -2.26. The van der Waals surface area contributed by atoms with Crippen LogP contribution in [0.25, 0.3) is 16.6 Å². The molecule has 4 aromatic heterocycles. The van der Waals surface area contributed by atoms with Gasteiger partial charge in [-0.15, -0.1) is 0 Å². The average molecular weight is 521 g/mol. The number of alkyl halides is 2. The van der Waals surface area contributed by atoms with E-state index in [1.165, 1.54) is 16.9 Å². The maximum Gasteiger partial charge on any atom is 0.272 e. The Kier molecular flexibility index (Phi) is 7.86. The van der Waals surface area contributed by atoms with Gasteiger partial charge in [-0.2, -0.15) is 10.4 Å². The first-order valence-corrected chi connectivity index (χ1v) is 11.4. The van der Waals surface area contributed by atoms with Crippen LogP contribution in [-0.4, -0.2) is 45.9 Å². The Morgan fingerprint density at radius 1 is 1.24 bits per heavy atom. The molecule has 0 saturated heterocycles. The number of nitrogens with one attached hydrogen (secondary N) is 2. The number of halogens is 3. The number of pyridine rings is 3. The van der Waals surface area contributed by atoms with E-state index in [-0.39, 0.29) is 11.8 Å². The molecule has 4 heterocycles. The van der Waals surface area contributed by atoms with Crippen molar-refractivity contribution in [3.05, 3.63) is 78.3 Å². The fraction of sp³-hybridized carbons (Fsp3) is 0.192. The number of nitrogens with zero attached hydrogens (tertiary/aromatic N) is 6. The number of hydrogen-bond donors (Lipinski definition) is 2. The van der Waals surface area contributed by atoms with E-state index in [1.54, 1.807) is 24.5 Å². The zero-order chi connectivity index (χ0) is 27.2. The lowest BCUT2D eigenvalue weighted by atomic mass is 10.0. The monoisotopic (exact) mass is 520 g/mol. The summed E-state index contributed by atoms with van der Waals surface area (Å²) in [6.45, 7) is 1.22. The minimum Gasteiger partial charge on any atom is -0.486 e. The standard InChI is InChI=1S/C26H23F3N8O/c1-16(17-3-5-24(32-10-17)33-13-20(27)9-31)36(2)25-6-4-18(11-34-25)22-7-21(38-15-23(28)29)14-37-26(22)19(8-30)12-35-37/h3-7,9-14,16,23,31H,15H2,1-2H3,(H,32,33)/b20-13+,31-9?. The quantitative estimate of drug-likeness (QED) is 0.270. The number of fused-ring (bicyclic) bond motifs is 1. The highest BCUT2D eigenvalue weighted by Crippen LogP contribution is 2.32. The van der Waals surface area contributed by atoms with E-state index in [0.717, 1.165) is 11.8 Å². The summed E-state index contributed by atoms with van der Waals surface area (Å²) in [7, 11) is 1.88. The molecule has 0 saturated carbocycles. The normalized spacial score (nSPS) is 12.3. The van der Waals surface area contributed by atoms with Crippen LogP contribution in [0.4, 0.5) is 24.8 Å². The molecule has 1 atom stereocenters. The van der Waals surface area contributed by atoms with E-state index >= 15 is 0 Å². The second-order valence-corrected chi connectivity index (χ2v) is 8.24. The van der Waals surface area contributed by atoms with Crippen LogP contribution in [0.2, 0.25) is 0 Å². The Bertz CT molecular complexity index is 1490. The van der Waals surface area contributed by atoms with E-state index in [2.05, 4.69) is 26.5 Å². The molecule has 4 aromatic rings. The van der Waals surface area contributed by atoms with Crippen LogP contribution in [0, 0.1) is 16.7 Å². The van der Waals surface area contributed by atoms with Crippen molar-refractivity contribution in [2.45, 2.75) is 19.4 Å². The molecule has 38 heavy (non-hydrogen) atoms. The first kappa shape index (κ1) is 26.2. The van der Waals surface area contributed by atoms with Gasteiger partial charge < -0.3 is 20.4 Å². The van der Waals surface area contributed by atoms with Crippen molar-refractivity contribution in [2.24, 2.45) is 0 Å². The minimum absolute atomic E-state index is 0.110. The molecule has 4 rings (SSSR count). The highest BCUT2D eigenvalue weighted by atomic mass is 19.3. The van der Waals surface area contributed by atoms with E-state index in [0.29, 0.717) is 40.1 Å². The number of allylic oxidation sites excluding steroid dienone is 1. The highest BCUT2D eigenvalue weighted by Gasteiger charge is 2.17. The number of anilines is 2. The molecule has 2 N–H and O–H groups in total. The molecule has 0 fully saturated rings. The molecule has 9 nitrogen and oxygen atoms in total. The predicted octanol–water partition coefficient (Wildman–Crippen LogP) is 5.38. The van der Waals surface area contributed by atoms with Gasteiger partial charge in [-0.05, 0) is 36.8 Å². The van der Waals surface area contributed by atoms with Crippen LogP contribution in [-0.2, 0) is 0 Å². The van der Waals surface area contributed by atoms with Crippen LogP contribution in [0.5, 0.6) is 5.75 Å². The summed E-state index contributed by atoms with van der Waals surface area (Å²) < 4.78 is 45.1. The Labute approximate surface area is 216 Å². The van der Waals surface area contributed by atoms with Crippen molar-refractivity contribution in [1.82, 2.24) is 19.6 Å². The summed E-state index contributed by atoms with van der Waals surface area (Å²) in [5.41, 5.74) is 2.96. The summed E-state index contributed by atoms with van der Waals surface area (Å²) in [5, 5.41) is 23.2. The zero-order valence-electron chi connectivity index (χ0n) is 20.4. The van der Waals surface area contributed by atoms with Gasteiger partial charge in [-0.3, -0.25) is 0 Å². The SMILES string of the molecule is CC(c1ccc(N/C=C(/F)C=N)nc1)N(C)c1ccc(-c2cc(OCC(F)F)cn3ncc(C#N)c23)cn1. The highest BCUT2D eigenvalue weighted by molar-refractivity contribution is 5.85. The molecule has 12 heteroatoms. The van der Waals surface area contributed by atoms with Gasteiger partial charge in [0.1, 0.15) is 30.1 Å². The molecule has 0 aromatic carbocycles. The average Bonchev–Trinajstić information content (AvgIpc) is 3.37. The van der Waals surface area contributed by atoms with Gasteiger partial charge in [0.2, 0.25) is 0 Å². The fourth-order valence-electron chi connectivity index (χ4n) is 3.74. The van der Waals surface area contributed by atoms with E-state index in [4.69, 9.17) is 10.1 Å². The molecule has 0 aliphatic rings. The largest absolute Gasteiger partial charge is 0.486 e. The summed E-state index contributed by atoms with van der Waals surface area (Å²) in [6.07, 6.45) is 5.17. The third-order valence-electron chi connectivity index (χ3n) is 5.85. The lowest BCUT2D eigenvalue weighted by Crippen LogP contribution is -2.22. The number of rotatable bonds is 10. The minimum atomic E-state index is -2.63. The molecular weight excluding hydrogens is 497 g/mol. The second kappa shape index (κ2) is 11.4. The lowest BCUT2D eigenvalue weighted by molar-refractivity contribution is 0.0816. The van der Waals surface area contributed by atoms with E-state index in [1.807, 2.05) is 37.1 Å². The third kappa shape index (κ3) is 5.73. The Balaban J connectivity index is 1.57. The number of ether oxygens (including phenoxy) is 1. The maximum atomic E-state index is 13.1. The van der Waals surface area contributed by atoms with Crippen LogP contribution < -0.4 is 15.0 Å². The van der Waals surface area contributed by atoms with Crippen molar-refractivity contribution in [2.75, 3.05) is 23.9 Å². The van der Waals surface area contributed by atoms with Crippen LogP contribution in [0.15, 0.2) is 67.1 Å². The number of aromatic nitrogens is 4. The first-order valence-electron chi connectivity index (χ1n) is 11.4. The smallest absolute Gasteiger partial charge is 0.272 e. The van der Waals surface area contributed by atoms with E-state index in [9.17, 15) is 18.4 Å². The van der Waals surface area contributed by atoms with Crippen molar-refractivity contribution in [3.63, 3.8) is 0 Å². The topological polar surface area (TPSA) is 115 Å². The van der Waals surface area contributed by atoms with Crippen molar-refractivity contribution >= 4 is 23.4 Å². The van der Waals surface area contributed by atoms with Crippen LogP contribution in [0.1, 0.15) is 24.1 Å². The van der Waals surface area contributed by atoms with Gasteiger partial charge in [0.05, 0.1) is 35.7 Å². The summed E-state index contributed by atoms with van der Waals surface area (Å²) >= 11 is 0. The van der Waals surface area contributed by atoms with Crippen LogP contribution >= 0.6 is 0 Å². The molecule has 0 radical (unpaired) electrons.